The highest BCUT2D eigenvalue weighted by Crippen LogP contribution is 2.32. The largest absolute Gasteiger partial charge is 0.481 e. The van der Waals surface area contributed by atoms with E-state index in [0.29, 0.717) is 12.1 Å². The van der Waals surface area contributed by atoms with Crippen LogP contribution in [0, 0.1) is 0 Å². The van der Waals surface area contributed by atoms with Crippen molar-refractivity contribution in [2.75, 3.05) is 0 Å². The molecule has 2 aliphatic rings. The summed E-state index contributed by atoms with van der Waals surface area (Å²) in [6.45, 7) is 0. The fourth-order valence-electron chi connectivity index (χ4n) is 2.73. The topological polar surface area (TPSA) is 86.6 Å². The van der Waals surface area contributed by atoms with Crippen LogP contribution in [0.5, 0.6) is 0 Å². The first-order valence-electron chi connectivity index (χ1n) is 7.10. The highest BCUT2D eigenvalue weighted by molar-refractivity contribution is 6.30. The molecular formula is C16H18ClNO4. The van der Waals surface area contributed by atoms with Crippen LogP contribution >= 0.6 is 11.6 Å². The van der Waals surface area contributed by atoms with Crippen LogP contribution in [0.15, 0.2) is 30.3 Å². The van der Waals surface area contributed by atoms with Gasteiger partial charge in [0.2, 0.25) is 0 Å². The maximum absolute atomic E-state index is 9.43. The lowest BCUT2D eigenvalue weighted by atomic mass is 9.96. The van der Waals surface area contributed by atoms with E-state index < -0.39 is 18.4 Å². The molecule has 0 radical (unpaired) electrons. The van der Waals surface area contributed by atoms with Gasteiger partial charge in [-0.25, -0.2) is 0 Å². The Labute approximate surface area is 133 Å². The van der Waals surface area contributed by atoms with Crippen molar-refractivity contribution in [1.29, 1.82) is 0 Å². The summed E-state index contributed by atoms with van der Waals surface area (Å²) in [5, 5.41) is 19.8. The molecule has 0 amide bonds. The van der Waals surface area contributed by atoms with Crippen LogP contribution in [0.2, 0.25) is 5.02 Å². The van der Waals surface area contributed by atoms with Gasteiger partial charge in [0.25, 0.3) is 0 Å². The molecule has 3 N–H and O–H groups in total. The van der Waals surface area contributed by atoms with Crippen molar-refractivity contribution < 1.29 is 19.8 Å². The third-order valence-corrected chi connectivity index (χ3v) is 3.91. The molecule has 6 heteroatoms. The third kappa shape index (κ3) is 4.86. The normalized spacial score (nSPS) is 22.3. The second-order valence-electron chi connectivity index (χ2n) is 5.41. The molecule has 1 fully saturated rings. The number of hydrogen-bond acceptors (Lipinski definition) is 3. The Morgan fingerprint density at radius 1 is 1.14 bits per heavy atom. The number of nitrogens with one attached hydrogen (secondary N) is 1. The van der Waals surface area contributed by atoms with Gasteiger partial charge in [-0.1, -0.05) is 29.8 Å². The van der Waals surface area contributed by atoms with E-state index in [2.05, 4.69) is 23.5 Å². The number of fused-ring (bicyclic) bond motifs is 2. The van der Waals surface area contributed by atoms with Crippen LogP contribution in [0.1, 0.15) is 31.2 Å². The minimum absolute atomic E-state index is 0.606. The Bertz CT molecular complexity index is 570. The molecule has 5 nitrogen and oxygen atoms in total. The zero-order valence-electron chi connectivity index (χ0n) is 12.0. The number of benzene rings is 1. The molecule has 0 saturated carbocycles. The van der Waals surface area contributed by atoms with Crippen molar-refractivity contribution in [3.8, 4) is 0 Å². The Balaban J connectivity index is 0.000000217. The predicted octanol–water partition coefficient (Wildman–Crippen LogP) is 2.79. The van der Waals surface area contributed by atoms with E-state index in [1.54, 1.807) is 0 Å². The SMILES string of the molecule is Clc1ccc(C2=CC3CCC(C2)N3)cc1.O=C(O)CC(=O)O. The standard InChI is InChI=1S/C13H14ClN.C3H4O4/c14-11-3-1-9(2-4-11)10-7-12-5-6-13(8-10)15-12;4-2(5)1-3(6)7/h1-4,7,12-13,15H,5-6,8H2;1H2,(H,4,5)(H,6,7). The van der Waals surface area contributed by atoms with Crippen LogP contribution in [0.4, 0.5) is 0 Å². The van der Waals surface area contributed by atoms with Crippen molar-refractivity contribution in [1.82, 2.24) is 5.32 Å². The number of carboxylic acids is 2. The van der Waals surface area contributed by atoms with Crippen LogP contribution < -0.4 is 5.32 Å². The van der Waals surface area contributed by atoms with Gasteiger partial charge in [-0.15, -0.1) is 0 Å². The van der Waals surface area contributed by atoms with Crippen LogP contribution in [-0.4, -0.2) is 34.2 Å². The number of aliphatic carboxylic acids is 2. The molecule has 2 bridgehead atoms. The smallest absolute Gasteiger partial charge is 0.314 e. The number of carboxylic acid groups (broad SMARTS) is 2. The van der Waals surface area contributed by atoms with Gasteiger partial charge in [0, 0.05) is 17.1 Å². The average molecular weight is 324 g/mol. The van der Waals surface area contributed by atoms with Crippen LogP contribution in [0.25, 0.3) is 5.57 Å². The lowest BCUT2D eigenvalue weighted by Crippen LogP contribution is -2.31. The van der Waals surface area contributed by atoms with Gasteiger partial charge in [0.15, 0.2) is 0 Å². The summed E-state index contributed by atoms with van der Waals surface area (Å²) >= 11 is 5.89. The molecule has 2 heterocycles. The van der Waals surface area contributed by atoms with E-state index >= 15 is 0 Å². The minimum Gasteiger partial charge on any atom is -0.481 e. The van der Waals surface area contributed by atoms with Gasteiger partial charge in [0.05, 0.1) is 0 Å². The molecule has 2 aliphatic heterocycles. The highest BCUT2D eigenvalue weighted by atomic mass is 35.5. The monoisotopic (exact) mass is 323 g/mol. The Morgan fingerprint density at radius 2 is 1.77 bits per heavy atom. The lowest BCUT2D eigenvalue weighted by molar-refractivity contribution is -0.147. The fraction of sp³-hybridized carbons (Fsp3) is 0.375. The van der Waals surface area contributed by atoms with E-state index in [1.807, 2.05) is 12.1 Å². The van der Waals surface area contributed by atoms with Gasteiger partial charge in [-0.3, -0.25) is 9.59 Å². The first-order chi connectivity index (χ1) is 10.4. The molecule has 2 atom stereocenters. The van der Waals surface area contributed by atoms with E-state index in [9.17, 15) is 9.59 Å². The summed E-state index contributed by atoms with van der Waals surface area (Å²) in [7, 11) is 0. The number of hydrogen-bond donors (Lipinski definition) is 3. The summed E-state index contributed by atoms with van der Waals surface area (Å²) in [5.74, 6) is -2.62. The molecule has 1 aromatic rings. The van der Waals surface area contributed by atoms with Gasteiger partial charge >= 0.3 is 11.9 Å². The van der Waals surface area contributed by atoms with Crippen molar-refractivity contribution >= 4 is 29.1 Å². The van der Waals surface area contributed by atoms with Crippen molar-refractivity contribution in [2.45, 2.75) is 37.8 Å². The third-order valence-electron chi connectivity index (χ3n) is 3.66. The molecule has 1 saturated heterocycles. The summed E-state index contributed by atoms with van der Waals surface area (Å²) < 4.78 is 0. The van der Waals surface area contributed by atoms with Gasteiger partial charge in [-0.05, 0) is 42.5 Å². The molecule has 0 aliphatic carbocycles. The van der Waals surface area contributed by atoms with Crippen LogP contribution in [-0.2, 0) is 9.59 Å². The molecule has 0 spiro atoms. The molecule has 118 valence electrons. The first-order valence-corrected chi connectivity index (χ1v) is 7.48. The van der Waals surface area contributed by atoms with E-state index in [4.69, 9.17) is 21.8 Å². The Kier molecular flexibility index (Phi) is 5.57. The van der Waals surface area contributed by atoms with Crippen molar-refractivity contribution in [3.05, 3.63) is 40.9 Å². The maximum Gasteiger partial charge on any atom is 0.314 e. The molecule has 22 heavy (non-hydrogen) atoms. The summed E-state index contributed by atoms with van der Waals surface area (Å²) in [6, 6.07) is 9.50. The van der Waals surface area contributed by atoms with Gasteiger partial charge in [0.1, 0.15) is 6.42 Å². The highest BCUT2D eigenvalue weighted by Gasteiger charge is 2.27. The van der Waals surface area contributed by atoms with Crippen molar-refractivity contribution in [3.63, 3.8) is 0 Å². The molecule has 3 rings (SSSR count). The Hall–Kier alpha value is -1.85. The van der Waals surface area contributed by atoms with Crippen LogP contribution in [0.3, 0.4) is 0 Å². The van der Waals surface area contributed by atoms with E-state index in [-0.39, 0.29) is 0 Å². The number of rotatable bonds is 3. The zero-order valence-corrected chi connectivity index (χ0v) is 12.7. The van der Waals surface area contributed by atoms with E-state index in [0.717, 1.165) is 11.4 Å². The molecule has 1 aromatic carbocycles. The fourth-order valence-corrected chi connectivity index (χ4v) is 2.85. The summed E-state index contributed by atoms with van der Waals surface area (Å²) in [4.78, 5) is 18.9. The van der Waals surface area contributed by atoms with Gasteiger partial charge in [-0.2, -0.15) is 0 Å². The van der Waals surface area contributed by atoms with E-state index in [1.165, 1.54) is 24.0 Å². The Morgan fingerprint density at radius 3 is 2.27 bits per heavy atom. The zero-order chi connectivity index (χ0) is 16.1. The second-order valence-corrected chi connectivity index (χ2v) is 5.85. The summed E-state index contributed by atoms with van der Waals surface area (Å²) in [5.41, 5.74) is 2.82. The average Bonchev–Trinajstić information content (AvgIpc) is 2.77. The quantitative estimate of drug-likeness (QED) is 0.745. The molecule has 0 aromatic heterocycles. The predicted molar refractivity (Wildman–Crippen MR) is 83.9 cm³/mol. The lowest BCUT2D eigenvalue weighted by Gasteiger charge is -2.21. The summed E-state index contributed by atoms with van der Waals surface area (Å²) in [6.07, 6.45) is 5.35. The van der Waals surface area contributed by atoms with Crippen molar-refractivity contribution in [2.24, 2.45) is 0 Å². The number of carbonyl (C=O) groups is 2. The molecular weight excluding hydrogens is 306 g/mol. The van der Waals surface area contributed by atoms with Gasteiger partial charge < -0.3 is 15.5 Å². The first kappa shape index (κ1) is 16.5. The maximum atomic E-state index is 9.43. The number of halogens is 1. The second kappa shape index (κ2) is 7.42. The minimum atomic E-state index is -1.31. The molecule has 2 unspecified atom stereocenters.